The number of anilines is 1. The molecule has 0 radical (unpaired) electrons. The van der Waals surface area contributed by atoms with Gasteiger partial charge in [-0.3, -0.25) is 9.69 Å². The Morgan fingerprint density at radius 3 is 2.39 bits per heavy atom. The molecule has 1 fully saturated rings. The van der Waals surface area contributed by atoms with Gasteiger partial charge in [-0.25, -0.2) is 4.39 Å². The smallest absolute Gasteiger partial charge is 0.252 e. The molecule has 196 valence electrons. The van der Waals surface area contributed by atoms with E-state index in [9.17, 15) is 14.4 Å². The molecule has 9 heteroatoms. The normalized spacial score (nSPS) is 19.2. The van der Waals surface area contributed by atoms with Gasteiger partial charge >= 0.3 is 0 Å². The number of rotatable bonds is 5. The molecule has 0 N–H and O–H groups in total. The van der Waals surface area contributed by atoms with Crippen LogP contribution in [0.1, 0.15) is 60.8 Å². The molecular weight excluding hydrogens is 499 g/mol. The first-order valence-electron chi connectivity index (χ1n) is 12.8. The lowest BCUT2D eigenvalue weighted by atomic mass is 9.98. The maximum absolute atomic E-state index is 13.8. The summed E-state index contributed by atoms with van der Waals surface area (Å²) in [6.07, 6.45) is 0. The van der Waals surface area contributed by atoms with Gasteiger partial charge in [0, 0.05) is 49.6 Å². The third-order valence-electron chi connectivity index (χ3n) is 7.40. The molecule has 7 nitrogen and oxygen atoms in total. The van der Waals surface area contributed by atoms with Crippen molar-refractivity contribution in [2.24, 2.45) is 7.05 Å². The number of aryl methyl sites for hydroxylation is 1. The average molecular weight is 531 g/mol. The van der Waals surface area contributed by atoms with Gasteiger partial charge in [-0.05, 0) is 49.7 Å². The summed E-state index contributed by atoms with van der Waals surface area (Å²) in [7, 11) is 1.76. The maximum atomic E-state index is 13.8. The molecule has 0 saturated carbocycles. The zero-order valence-corrected chi connectivity index (χ0v) is 23.0. The van der Waals surface area contributed by atoms with Gasteiger partial charge in [0.05, 0.1) is 28.9 Å². The highest BCUT2D eigenvalue weighted by Crippen LogP contribution is 2.38. The summed E-state index contributed by atoms with van der Waals surface area (Å²) < 4.78 is 15.5. The molecule has 0 aliphatic carbocycles. The van der Waals surface area contributed by atoms with Crippen molar-refractivity contribution < 1.29 is 4.39 Å². The third-order valence-corrected chi connectivity index (χ3v) is 8.68. The molecule has 2 aromatic carbocycles. The Bertz CT molecular complexity index is 1570. The topological polar surface area (TPSA) is 78.1 Å². The van der Waals surface area contributed by atoms with E-state index in [1.54, 1.807) is 35.1 Å². The van der Waals surface area contributed by atoms with E-state index in [1.165, 1.54) is 12.1 Å². The van der Waals surface area contributed by atoms with Crippen LogP contribution in [0.3, 0.4) is 0 Å². The SMILES string of the molecule is CC(C)c1nnc(C(c2ccc(F)cc2)N2CC(C)N(c3cc(=O)n(C)c4ccc(C#N)cc34)C[C@H]2C)s1. The lowest BCUT2D eigenvalue weighted by Gasteiger charge is -2.48. The van der Waals surface area contributed by atoms with Crippen LogP contribution in [0, 0.1) is 17.1 Å². The molecule has 0 spiro atoms. The molecule has 2 aromatic heterocycles. The average Bonchev–Trinajstić information content (AvgIpc) is 3.39. The second-order valence-electron chi connectivity index (χ2n) is 10.4. The largest absolute Gasteiger partial charge is 0.365 e. The van der Waals surface area contributed by atoms with Crippen molar-refractivity contribution in [2.75, 3.05) is 18.0 Å². The monoisotopic (exact) mass is 530 g/mol. The van der Waals surface area contributed by atoms with Crippen molar-refractivity contribution in [1.82, 2.24) is 19.7 Å². The van der Waals surface area contributed by atoms with Crippen LogP contribution < -0.4 is 10.5 Å². The molecule has 4 aromatic rings. The molecule has 1 saturated heterocycles. The minimum atomic E-state index is -0.270. The molecule has 0 bridgehead atoms. The number of nitrogens with zero attached hydrogens (tertiary/aromatic N) is 6. The first-order valence-corrected chi connectivity index (χ1v) is 13.6. The Kier molecular flexibility index (Phi) is 7.03. The molecule has 2 unspecified atom stereocenters. The van der Waals surface area contributed by atoms with Gasteiger partial charge in [0.15, 0.2) is 0 Å². The summed E-state index contributed by atoms with van der Waals surface area (Å²) in [5, 5.41) is 21.3. The van der Waals surface area contributed by atoms with Gasteiger partial charge in [-0.1, -0.05) is 37.3 Å². The predicted molar refractivity (Wildman–Crippen MR) is 149 cm³/mol. The van der Waals surface area contributed by atoms with Crippen LogP contribution in [0.5, 0.6) is 0 Å². The minimum absolute atomic E-state index is 0.0627. The summed E-state index contributed by atoms with van der Waals surface area (Å²) in [6, 6.07) is 16.0. The van der Waals surface area contributed by atoms with Crippen LogP contribution >= 0.6 is 11.3 Å². The van der Waals surface area contributed by atoms with Crippen LogP contribution in [0.25, 0.3) is 10.9 Å². The lowest BCUT2D eigenvalue weighted by molar-refractivity contribution is 0.129. The Labute approximate surface area is 225 Å². The van der Waals surface area contributed by atoms with Crippen LogP contribution in [-0.2, 0) is 7.05 Å². The zero-order valence-electron chi connectivity index (χ0n) is 22.2. The number of fused-ring (bicyclic) bond motifs is 1. The van der Waals surface area contributed by atoms with Crippen molar-refractivity contribution in [3.8, 4) is 6.07 Å². The summed E-state index contributed by atoms with van der Waals surface area (Å²) in [5.41, 5.74) is 3.09. The van der Waals surface area contributed by atoms with E-state index in [2.05, 4.69) is 53.8 Å². The number of pyridine rings is 1. The van der Waals surface area contributed by atoms with E-state index in [4.69, 9.17) is 0 Å². The number of hydrogen-bond donors (Lipinski definition) is 0. The van der Waals surface area contributed by atoms with E-state index in [0.29, 0.717) is 18.7 Å². The van der Waals surface area contributed by atoms with Gasteiger partial charge < -0.3 is 9.47 Å². The Morgan fingerprint density at radius 2 is 1.74 bits per heavy atom. The fraction of sp³-hybridized carbons (Fsp3) is 0.379. The number of halogens is 1. The van der Waals surface area contributed by atoms with Crippen molar-refractivity contribution in [3.63, 3.8) is 0 Å². The van der Waals surface area contributed by atoms with E-state index in [0.717, 1.165) is 32.2 Å². The van der Waals surface area contributed by atoms with Gasteiger partial charge in [0.25, 0.3) is 5.56 Å². The highest BCUT2D eigenvalue weighted by Gasteiger charge is 2.37. The van der Waals surface area contributed by atoms with Gasteiger partial charge in [0.2, 0.25) is 0 Å². The summed E-state index contributed by atoms with van der Waals surface area (Å²) in [4.78, 5) is 17.6. The van der Waals surface area contributed by atoms with Crippen molar-refractivity contribution in [2.45, 2.75) is 51.7 Å². The fourth-order valence-electron chi connectivity index (χ4n) is 5.31. The van der Waals surface area contributed by atoms with Crippen molar-refractivity contribution >= 4 is 27.9 Å². The maximum Gasteiger partial charge on any atom is 0.252 e. The molecule has 38 heavy (non-hydrogen) atoms. The molecular formula is C29H31FN6OS. The highest BCUT2D eigenvalue weighted by molar-refractivity contribution is 7.11. The second kappa shape index (κ2) is 10.3. The Hall–Kier alpha value is -3.61. The van der Waals surface area contributed by atoms with Gasteiger partial charge in [-0.15, -0.1) is 10.2 Å². The van der Waals surface area contributed by atoms with Gasteiger partial charge in [-0.2, -0.15) is 5.26 Å². The van der Waals surface area contributed by atoms with E-state index in [1.807, 2.05) is 24.3 Å². The molecule has 3 heterocycles. The van der Waals surface area contributed by atoms with Gasteiger partial charge in [0.1, 0.15) is 15.8 Å². The first kappa shape index (κ1) is 26.0. The van der Waals surface area contributed by atoms with Crippen molar-refractivity contribution in [1.29, 1.82) is 5.26 Å². The number of benzene rings is 2. The second-order valence-corrected chi connectivity index (χ2v) is 11.4. The lowest BCUT2D eigenvalue weighted by Crippen LogP contribution is -2.57. The van der Waals surface area contributed by atoms with Crippen LogP contribution in [-0.4, -0.2) is 44.8 Å². The number of piperazine rings is 1. The summed E-state index contributed by atoms with van der Waals surface area (Å²) in [5.74, 6) is 0.00346. The quantitative estimate of drug-likeness (QED) is 0.352. The standard InChI is InChI=1S/C29H31FN6OS/c1-17(2)28-32-33-29(38-28)27(21-7-9-22(30)10-8-21)36-16-18(3)35(15-19(36)4)25-13-26(37)34(5)24-11-6-20(14-31)12-23(24)25/h6-13,17-19,27H,15-16H2,1-5H3/t18?,19-,27?/m1/s1. The van der Waals surface area contributed by atoms with E-state index < -0.39 is 0 Å². The van der Waals surface area contributed by atoms with E-state index >= 15 is 0 Å². The summed E-state index contributed by atoms with van der Waals surface area (Å²) in [6.45, 7) is 9.91. The Balaban J connectivity index is 1.55. The molecule has 3 atom stereocenters. The molecule has 1 aliphatic rings. The molecule has 0 amide bonds. The van der Waals surface area contributed by atoms with Crippen LogP contribution in [0.2, 0.25) is 0 Å². The van der Waals surface area contributed by atoms with Crippen molar-refractivity contribution in [3.05, 3.63) is 85.8 Å². The minimum Gasteiger partial charge on any atom is -0.365 e. The van der Waals surface area contributed by atoms with E-state index in [-0.39, 0.29) is 35.4 Å². The number of hydrogen-bond acceptors (Lipinski definition) is 7. The zero-order chi connectivity index (χ0) is 27.1. The number of aromatic nitrogens is 3. The fourth-order valence-corrected chi connectivity index (χ4v) is 6.31. The van der Waals surface area contributed by atoms with Crippen LogP contribution in [0.4, 0.5) is 10.1 Å². The predicted octanol–water partition coefficient (Wildman–Crippen LogP) is 5.21. The molecule has 1 aliphatic heterocycles. The molecule has 5 rings (SSSR count). The third kappa shape index (κ3) is 4.70. The Morgan fingerprint density at radius 1 is 1.03 bits per heavy atom. The summed E-state index contributed by atoms with van der Waals surface area (Å²) >= 11 is 1.61. The number of nitriles is 1. The highest BCUT2D eigenvalue weighted by atomic mass is 32.1. The first-order chi connectivity index (χ1) is 18.2. The van der Waals surface area contributed by atoms with Crippen LogP contribution in [0.15, 0.2) is 53.3 Å².